The summed E-state index contributed by atoms with van der Waals surface area (Å²) in [7, 11) is 0. The molecule has 1 aliphatic carbocycles. The van der Waals surface area contributed by atoms with Crippen molar-refractivity contribution in [1.82, 2.24) is 15.5 Å². The number of furan rings is 1. The number of rotatable bonds is 7. The third-order valence-corrected chi connectivity index (χ3v) is 6.23. The number of nitrogens with one attached hydrogen (secondary N) is 2. The van der Waals surface area contributed by atoms with Gasteiger partial charge in [-0.15, -0.1) is 21.5 Å². The summed E-state index contributed by atoms with van der Waals surface area (Å²) in [6.07, 6.45) is 6.03. The zero-order valence-electron chi connectivity index (χ0n) is 17.8. The zero-order valence-corrected chi connectivity index (χ0v) is 18.6. The Labute approximate surface area is 193 Å². The van der Waals surface area contributed by atoms with E-state index in [4.69, 9.17) is 13.6 Å². The molecule has 2 N–H and O–H groups in total. The summed E-state index contributed by atoms with van der Waals surface area (Å²) in [6.45, 7) is 2.02. The van der Waals surface area contributed by atoms with Crippen molar-refractivity contribution in [3.8, 4) is 6.07 Å². The molecule has 0 radical (unpaired) electrons. The molecule has 10 nitrogen and oxygen atoms in total. The van der Waals surface area contributed by atoms with Gasteiger partial charge in [-0.1, -0.05) is 0 Å². The Hall–Kier alpha value is -3.91. The fraction of sp³-hybridized carbons (Fsp3) is 0.318. The number of anilines is 1. The number of thiophene rings is 1. The molecule has 1 unspecified atom stereocenters. The summed E-state index contributed by atoms with van der Waals surface area (Å²) in [4.78, 5) is 25.3. The van der Waals surface area contributed by atoms with Gasteiger partial charge in [0.1, 0.15) is 16.8 Å². The lowest BCUT2D eigenvalue weighted by Gasteiger charge is -2.21. The van der Waals surface area contributed by atoms with Gasteiger partial charge in [0.2, 0.25) is 17.7 Å². The summed E-state index contributed by atoms with van der Waals surface area (Å²) in [6, 6.07) is 5.69. The second kappa shape index (κ2) is 10.1. The normalized spacial score (nSPS) is 15.1. The molecule has 0 fully saturated rings. The number of aryl methyl sites for hydroxylation is 1. The number of ether oxygens (including phenoxy) is 1. The Morgan fingerprint density at radius 3 is 3.03 bits per heavy atom. The van der Waals surface area contributed by atoms with Gasteiger partial charge >= 0.3 is 6.09 Å². The van der Waals surface area contributed by atoms with Gasteiger partial charge in [0, 0.05) is 17.9 Å². The van der Waals surface area contributed by atoms with Crippen LogP contribution in [0.25, 0.3) is 6.08 Å². The third-order valence-electron chi connectivity index (χ3n) is 5.06. The molecule has 1 aliphatic rings. The highest BCUT2D eigenvalue weighted by molar-refractivity contribution is 7.16. The highest BCUT2D eigenvalue weighted by Gasteiger charge is 2.27. The summed E-state index contributed by atoms with van der Waals surface area (Å²) in [5.74, 6) is 1.09. The van der Waals surface area contributed by atoms with E-state index < -0.39 is 6.09 Å². The number of hydrogen-bond acceptors (Lipinski definition) is 9. The predicted octanol–water partition coefficient (Wildman–Crippen LogP) is 3.59. The first-order valence-corrected chi connectivity index (χ1v) is 11.1. The number of carbonyl (C=O) groups is 2. The van der Waals surface area contributed by atoms with Crippen LogP contribution in [0.1, 0.15) is 40.0 Å². The van der Waals surface area contributed by atoms with E-state index in [9.17, 15) is 14.9 Å². The number of amides is 2. The van der Waals surface area contributed by atoms with Crippen molar-refractivity contribution in [3.05, 3.63) is 58.0 Å². The van der Waals surface area contributed by atoms with Gasteiger partial charge in [0.25, 0.3) is 0 Å². The van der Waals surface area contributed by atoms with E-state index in [-0.39, 0.29) is 25.0 Å². The Morgan fingerprint density at radius 2 is 2.30 bits per heavy atom. The molecule has 170 valence electrons. The van der Waals surface area contributed by atoms with Crippen molar-refractivity contribution in [2.75, 3.05) is 11.9 Å². The molecular formula is C22H21N5O5S. The van der Waals surface area contributed by atoms with E-state index in [0.717, 1.165) is 16.9 Å². The summed E-state index contributed by atoms with van der Waals surface area (Å²) in [5, 5.41) is 23.0. The lowest BCUT2D eigenvalue weighted by molar-refractivity contribution is -0.111. The van der Waals surface area contributed by atoms with Gasteiger partial charge in [-0.05, 0) is 49.0 Å². The largest absolute Gasteiger partial charge is 0.465 e. The first-order chi connectivity index (χ1) is 16.0. The lowest BCUT2D eigenvalue weighted by atomic mass is 9.88. The molecule has 2 amide bonds. The van der Waals surface area contributed by atoms with E-state index in [1.807, 2.05) is 0 Å². The standard InChI is InChI=1S/C22H21N5O5S/c1-13-26-27-20(32-13)11-24-22(29)31-12-14-4-6-16-17(10-23)21(33-18(16)9-14)25-19(28)7-5-15-3-2-8-30-15/h2-3,5,7-8,14H,4,6,9,11-12H2,1H3,(H,24,29)(H,25,28). The highest BCUT2D eigenvalue weighted by atomic mass is 32.1. The molecule has 3 heterocycles. The van der Waals surface area contributed by atoms with Crippen molar-refractivity contribution in [1.29, 1.82) is 5.26 Å². The smallest absolute Gasteiger partial charge is 0.407 e. The number of nitriles is 1. The molecule has 0 saturated carbocycles. The number of alkyl carbamates (subject to hydrolysis) is 1. The second-order valence-electron chi connectivity index (χ2n) is 7.43. The second-order valence-corrected chi connectivity index (χ2v) is 8.54. The van der Waals surface area contributed by atoms with Gasteiger partial charge in [0.15, 0.2) is 0 Å². The van der Waals surface area contributed by atoms with Crippen LogP contribution in [0.15, 0.2) is 33.3 Å². The molecule has 3 aromatic rings. The van der Waals surface area contributed by atoms with Crippen LogP contribution in [-0.2, 0) is 28.9 Å². The van der Waals surface area contributed by atoms with Crippen molar-refractivity contribution < 1.29 is 23.2 Å². The Bertz CT molecular complexity index is 1200. The Morgan fingerprint density at radius 1 is 1.42 bits per heavy atom. The minimum Gasteiger partial charge on any atom is -0.465 e. The molecule has 0 aromatic carbocycles. The van der Waals surface area contributed by atoms with Crippen LogP contribution in [0.2, 0.25) is 0 Å². The maximum atomic E-state index is 12.3. The van der Waals surface area contributed by atoms with Crippen LogP contribution in [0, 0.1) is 24.2 Å². The van der Waals surface area contributed by atoms with Crippen LogP contribution in [0.3, 0.4) is 0 Å². The molecule has 3 aromatic heterocycles. The molecule has 0 saturated heterocycles. The number of carbonyl (C=O) groups excluding carboxylic acids is 2. The topological polar surface area (TPSA) is 143 Å². The van der Waals surface area contributed by atoms with Crippen LogP contribution >= 0.6 is 11.3 Å². The Balaban J connectivity index is 1.31. The van der Waals surface area contributed by atoms with Gasteiger partial charge in [0.05, 0.1) is 25.0 Å². The fourth-order valence-corrected chi connectivity index (χ4v) is 4.82. The fourth-order valence-electron chi connectivity index (χ4n) is 3.50. The molecule has 33 heavy (non-hydrogen) atoms. The monoisotopic (exact) mass is 467 g/mol. The molecule has 4 rings (SSSR count). The minimum absolute atomic E-state index is 0.0996. The third kappa shape index (κ3) is 5.67. The van der Waals surface area contributed by atoms with E-state index >= 15 is 0 Å². The lowest BCUT2D eigenvalue weighted by Crippen LogP contribution is -2.27. The van der Waals surface area contributed by atoms with Crippen molar-refractivity contribution in [2.24, 2.45) is 5.92 Å². The van der Waals surface area contributed by atoms with E-state index in [2.05, 4.69) is 26.9 Å². The van der Waals surface area contributed by atoms with Crippen LogP contribution in [-0.4, -0.2) is 28.8 Å². The van der Waals surface area contributed by atoms with Crippen LogP contribution in [0.5, 0.6) is 0 Å². The zero-order chi connectivity index (χ0) is 23.2. The average Bonchev–Trinajstić information content (AvgIpc) is 3.54. The van der Waals surface area contributed by atoms with Crippen LogP contribution in [0.4, 0.5) is 9.80 Å². The molecule has 1 atom stereocenters. The van der Waals surface area contributed by atoms with Crippen molar-refractivity contribution in [3.63, 3.8) is 0 Å². The summed E-state index contributed by atoms with van der Waals surface area (Å²) < 4.78 is 15.7. The Kier molecular flexibility index (Phi) is 6.85. The molecule has 0 aliphatic heterocycles. The molecule has 11 heteroatoms. The van der Waals surface area contributed by atoms with E-state index in [1.54, 1.807) is 25.1 Å². The first-order valence-electron chi connectivity index (χ1n) is 10.3. The first kappa shape index (κ1) is 22.3. The SMILES string of the molecule is Cc1nnc(CNC(=O)OCC2CCc3c(sc(NC(=O)C=Cc4ccco4)c3C#N)C2)o1. The maximum Gasteiger partial charge on any atom is 0.407 e. The number of fused-ring (bicyclic) bond motifs is 1. The van der Waals surface area contributed by atoms with Crippen molar-refractivity contribution >= 4 is 34.4 Å². The summed E-state index contributed by atoms with van der Waals surface area (Å²) in [5.41, 5.74) is 1.46. The molecular weight excluding hydrogens is 446 g/mol. The van der Waals surface area contributed by atoms with Crippen LogP contribution < -0.4 is 10.6 Å². The van der Waals surface area contributed by atoms with Gasteiger partial charge in [-0.3, -0.25) is 4.79 Å². The van der Waals surface area contributed by atoms with Crippen molar-refractivity contribution in [2.45, 2.75) is 32.7 Å². The van der Waals surface area contributed by atoms with E-state index in [1.165, 1.54) is 23.7 Å². The maximum absolute atomic E-state index is 12.3. The van der Waals surface area contributed by atoms with Gasteiger partial charge < -0.3 is 24.2 Å². The number of nitrogens with zero attached hydrogens (tertiary/aromatic N) is 3. The highest BCUT2D eigenvalue weighted by Crippen LogP contribution is 2.39. The average molecular weight is 468 g/mol. The minimum atomic E-state index is -0.558. The number of hydrogen-bond donors (Lipinski definition) is 2. The predicted molar refractivity (Wildman–Crippen MR) is 118 cm³/mol. The molecule has 0 spiro atoms. The number of aromatic nitrogens is 2. The van der Waals surface area contributed by atoms with Gasteiger partial charge in [-0.25, -0.2) is 4.79 Å². The quantitative estimate of drug-likeness (QED) is 0.502. The molecule has 0 bridgehead atoms. The van der Waals surface area contributed by atoms with E-state index in [0.29, 0.717) is 40.9 Å². The summed E-state index contributed by atoms with van der Waals surface area (Å²) >= 11 is 1.39. The van der Waals surface area contributed by atoms with Gasteiger partial charge in [-0.2, -0.15) is 5.26 Å².